The molecule has 1 amide bonds. The highest BCUT2D eigenvalue weighted by molar-refractivity contribution is 9.11. The number of esters is 1. The third kappa shape index (κ3) is 6.58. The van der Waals surface area contributed by atoms with Crippen LogP contribution in [0.4, 0.5) is 4.39 Å². The Labute approximate surface area is 208 Å². The Morgan fingerprint density at radius 3 is 2.33 bits per heavy atom. The Kier molecular flexibility index (Phi) is 7.81. The molecule has 5 nitrogen and oxygen atoms in total. The Morgan fingerprint density at radius 2 is 1.70 bits per heavy atom. The van der Waals surface area contributed by atoms with Crippen molar-refractivity contribution in [3.8, 4) is 5.75 Å². The van der Waals surface area contributed by atoms with Crippen molar-refractivity contribution < 1.29 is 18.7 Å². The number of carbonyl (C=O) groups excluding carboxylic acids is 2. The number of nitrogens with one attached hydrogen (secondary N) is 1. The van der Waals surface area contributed by atoms with Crippen LogP contribution in [0.25, 0.3) is 0 Å². The van der Waals surface area contributed by atoms with Crippen LogP contribution < -0.4 is 10.2 Å². The molecule has 3 aromatic carbocycles. The summed E-state index contributed by atoms with van der Waals surface area (Å²) >= 11 is 6.74. The molecule has 0 unspecified atom stereocenters. The van der Waals surface area contributed by atoms with Gasteiger partial charge in [-0.25, -0.2) is 14.6 Å². The summed E-state index contributed by atoms with van der Waals surface area (Å²) in [5.74, 6) is -1.46. The smallest absolute Gasteiger partial charge is 0.343 e. The monoisotopic (exact) mass is 574 g/mol. The second-order valence-corrected chi connectivity index (χ2v) is 10.0. The van der Waals surface area contributed by atoms with E-state index in [1.165, 1.54) is 24.4 Å². The van der Waals surface area contributed by atoms with Gasteiger partial charge in [-0.3, -0.25) is 4.79 Å². The maximum Gasteiger partial charge on any atom is 0.343 e. The molecular formula is C25H21Br2FN2O3. The summed E-state index contributed by atoms with van der Waals surface area (Å²) < 4.78 is 20.1. The molecule has 3 rings (SSSR count). The van der Waals surface area contributed by atoms with Gasteiger partial charge in [0, 0.05) is 15.6 Å². The van der Waals surface area contributed by atoms with Crippen molar-refractivity contribution in [2.45, 2.75) is 26.2 Å². The lowest BCUT2D eigenvalue weighted by Gasteiger charge is -2.18. The van der Waals surface area contributed by atoms with E-state index in [4.69, 9.17) is 4.74 Å². The number of ether oxygens (including phenoxy) is 1. The van der Waals surface area contributed by atoms with Gasteiger partial charge in [0.2, 0.25) is 0 Å². The van der Waals surface area contributed by atoms with Crippen LogP contribution in [0.1, 0.15) is 52.6 Å². The minimum Gasteiger partial charge on any atom is -0.421 e. The van der Waals surface area contributed by atoms with Crippen molar-refractivity contribution in [3.63, 3.8) is 0 Å². The fourth-order valence-corrected chi connectivity index (χ4v) is 4.24. The van der Waals surface area contributed by atoms with E-state index >= 15 is 0 Å². The van der Waals surface area contributed by atoms with Gasteiger partial charge in [-0.2, -0.15) is 5.10 Å². The van der Waals surface area contributed by atoms with E-state index in [9.17, 15) is 14.0 Å². The van der Waals surface area contributed by atoms with Gasteiger partial charge in [-0.15, -0.1) is 0 Å². The van der Waals surface area contributed by atoms with E-state index in [0.29, 0.717) is 20.1 Å². The maximum atomic E-state index is 13.5. The summed E-state index contributed by atoms with van der Waals surface area (Å²) in [5.41, 5.74) is 4.53. The van der Waals surface area contributed by atoms with Crippen LogP contribution in [0.2, 0.25) is 0 Å². The zero-order valence-electron chi connectivity index (χ0n) is 18.2. The lowest BCUT2D eigenvalue weighted by molar-refractivity contribution is 0.0732. The van der Waals surface area contributed by atoms with Crippen LogP contribution >= 0.6 is 31.9 Å². The SMILES string of the molecule is CC(C)(C)c1ccc(C(=O)NN=Cc2cc(Br)cc(Br)c2OC(=O)c2cccc(F)c2)cc1. The highest BCUT2D eigenvalue weighted by atomic mass is 79.9. The fraction of sp³-hybridized carbons (Fsp3) is 0.160. The van der Waals surface area contributed by atoms with Crippen LogP contribution in [0.15, 0.2) is 74.7 Å². The van der Waals surface area contributed by atoms with Gasteiger partial charge < -0.3 is 4.74 Å². The summed E-state index contributed by atoms with van der Waals surface area (Å²) in [5, 5.41) is 4.01. The summed E-state index contributed by atoms with van der Waals surface area (Å²) in [6, 6.07) is 15.9. The van der Waals surface area contributed by atoms with Crippen LogP contribution in [-0.4, -0.2) is 18.1 Å². The van der Waals surface area contributed by atoms with Crippen LogP contribution in [-0.2, 0) is 5.41 Å². The molecule has 0 atom stereocenters. The number of hydrogen-bond donors (Lipinski definition) is 1. The summed E-state index contributed by atoms with van der Waals surface area (Å²) in [4.78, 5) is 24.9. The molecule has 0 aromatic heterocycles. The quantitative estimate of drug-likeness (QED) is 0.161. The molecule has 0 spiro atoms. The van der Waals surface area contributed by atoms with Crippen molar-refractivity contribution in [3.05, 3.63) is 97.7 Å². The minimum atomic E-state index is -0.727. The van der Waals surface area contributed by atoms with Crippen LogP contribution in [0, 0.1) is 5.82 Å². The Balaban J connectivity index is 1.77. The topological polar surface area (TPSA) is 67.8 Å². The van der Waals surface area contributed by atoms with E-state index in [-0.39, 0.29) is 22.6 Å². The van der Waals surface area contributed by atoms with Gasteiger partial charge in [0.15, 0.2) is 5.75 Å². The first kappa shape index (κ1) is 24.8. The van der Waals surface area contributed by atoms with Crippen molar-refractivity contribution in [1.82, 2.24) is 5.43 Å². The van der Waals surface area contributed by atoms with Crippen molar-refractivity contribution >= 4 is 50.0 Å². The first-order valence-corrected chi connectivity index (χ1v) is 11.5. The zero-order chi connectivity index (χ0) is 24.2. The lowest BCUT2D eigenvalue weighted by atomic mass is 9.87. The highest BCUT2D eigenvalue weighted by Crippen LogP contribution is 2.32. The molecule has 0 aliphatic rings. The molecule has 0 bridgehead atoms. The Hall–Kier alpha value is -2.84. The predicted molar refractivity (Wildman–Crippen MR) is 133 cm³/mol. The molecule has 0 aliphatic carbocycles. The first-order chi connectivity index (χ1) is 15.5. The average molecular weight is 576 g/mol. The second kappa shape index (κ2) is 10.4. The van der Waals surface area contributed by atoms with Gasteiger partial charge in [0.05, 0.1) is 16.3 Å². The van der Waals surface area contributed by atoms with Gasteiger partial charge in [-0.1, -0.05) is 54.9 Å². The summed E-state index contributed by atoms with van der Waals surface area (Å²) in [7, 11) is 0. The molecule has 8 heteroatoms. The molecule has 170 valence electrons. The molecule has 0 radical (unpaired) electrons. The Bertz CT molecular complexity index is 1220. The standard InChI is InChI=1S/C25H21Br2FN2O3/c1-25(2,3)18-9-7-15(8-10-18)23(31)30-29-14-17-11-19(26)13-21(27)22(17)33-24(32)16-5-4-6-20(28)12-16/h4-14H,1-3H3,(H,30,31). The van der Waals surface area contributed by atoms with E-state index in [1.807, 2.05) is 12.1 Å². The normalized spacial score (nSPS) is 11.5. The van der Waals surface area contributed by atoms with Gasteiger partial charge >= 0.3 is 5.97 Å². The second-order valence-electron chi connectivity index (χ2n) is 8.23. The number of benzene rings is 3. The molecule has 0 heterocycles. The molecular weight excluding hydrogens is 555 g/mol. The average Bonchev–Trinajstić information content (AvgIpc) is 2.75. The number of amides is 1. The zero-order valence-corrected chi connectivity index (χ0v) is 21.3. The van der Waals surface area contributed by atoms with E-state index in [0.717, 1.165) is 11.6 Å². The van der Waals surface area contributed by atoms with Crippen molar-refractivity contribution in [2.24, 2.45) is 5.10 Å². The van der Waals surface area contributed by atoms with Crippen molar-refractivity contribution in [2.75, 3.05) is 0 Å². The highest BCUT2D eigenvalue weighted by Gasteiger charge is 2.17. The summed E-state index contributed by atoms with van der Waals surface area (Å²) in [6.07, 6.45) is 1.37. The van der Waals surface area contributed by atoms with Gasteiger partial charge in [0.1, 0.15) is 5.82 Å². The van der Waals surface area contributed by atoms with E-state index < -0.39 is 11.8 Å². The van der Waals surface area contributed by atoms with Gasteiger partial charge in [0.25, 0.3) is 5.91 Å². The number of nitrogens with zero attached hydrogens (tertiary/aromatic N) is 1. The van der Waals surface area contributed by atoms with E-state index in [1.54, 1.807) is 24.3 Å². The first-order valence-electron chi connectivity index (χ1n) is 9.95. The number of carbonyl (C=O) groups is 2. The van der Waals surface area contributed by atoms with Crippen LogP contribution in [0.3, 0.4) is 0 Å². The van der Waals surface area contributed by atoms with Crippen molar-refractivity contribution in [1.29, 1.82) is 0 Å². The van der Waals surface area contributed by atoms with E-state index in [2.05, 4.69) is 63.2 Å². The lowest BCUT2D eigenvalue weighted by Crippen LogP contribution is -2.18. The molecule has 1 N–H and O–H groups in total. The Morgan fingerprint density at radius 1 is 1.00 bits per heavy atom. The largest absolute Gasteiger partial charge is 0.421 e. The number of hydrogen-bond acceptors (Lipinski definition) is 4. The van der Waals surface area contributed by atoms with Crippen LogP contribution in [0.5, 0.6) is 5.75 Å². The number of rotatable bonds is 5. The molecule has 0 saturated carbocycles. The maximum absolute atomic E-state index is 13.5. The molecule has 33 heavy (non-hydrogen) atoms. The minimum absolute atomic E-state index is 0.0133. The molecule has 3 aromatic rings. The third-order valence-electron chi connectivity index (χ3n) is 4.68. The number of hydrazone groups is 1. The predicted octanol–water partition coefficient (Wildman–Crippen LogP) is 6.63. The molecule has 0 aliphatic heterocycles. The summed E-state index contributed by atoms with van der Waals surface area (Å²) in [6.45, 7) is 6.30. The number of halogens is 3. The third-order valence-corrected chi connectivity index (χ3v) is 5.72. The fourth-order valence-electron chi connectivity index (χ4n) is 2.90. The molecule has 0 fully saturated rings. The van der Waals surface area contributed by atoms with Gasteiger partial charge in [-0.05, 0) is 69.4 Å². The molecule has 0 saturated heterocycles.